The van der Waals surface area contributed by atoms with Gasteiger partial charge in [-0.15, -0.1) is 11.3 Å². The van der Waals surface area contributed by atoms with Crippen molar-refractivity contribution in [3.63, 3.8) is 0 Å². The zero-order chi connectivity index (χ0) is 12.4. The molecule has 2 nitrogen and oxygen atoms in total. The van der Waals surface area contributed by atoms with E-state index < -0.39 is 0 Å². The number of hydrazine groups is 1. The van der Waals surface area contributed by atoms with Crippen molar-refractivity contribution in [2.24, 2.45) is 5.84 Å². The fourth-order valence-corrected chi connectivity index (χ4v) is 2.84. The van der Waals surface area contributed by atoms with Gasteiger partial charge in [0.2, 0.25) is 0 Å². The number of aryl methyl sites for hydroxylation is 1. The Labute approximate surface area is 112 Å². The van der Waals surface area contributed by atoms with E-state index in [4.69, 9.17) is 5.84 Å². The van der Waals surface area contributed by atoms with Crippen LogP contribution in [0, 0.1) is 12.7 Å². The Morgan fingerprint density at radius 1 is 1.47 bits per heavy atom. The summed E-state index contributed by atoms with van der Waals surface area (Å²) in [5.74, 6) is 5.26. The van der Waals surface area contributed by atoms with Gasteiger partial charge in [0.25, 0.3) is 0 Å². The number of halogens is 2. The Bertz CT molecular complexity index is 527. The molecule has 3 N–H and O–H groups in total. The summed E-state index contributed by atoms with van der Waals surface area (Å²) in [7, 11) is 0. The average molecular weight is 315 g/mol. The molecular formula is C12H12BrFN2S. The molecule has 90 valence electrons. The fraction of sp³-hybridized carbons (Fsp3) is 0.167. The molecule has 0 bridgehead atoms. The number of thiophene rings is 1. The van der Waals surface area contributed by atoms with Crippen LogP contribution in [0.3, 0.4) is 0 Å². The summed E-state index contributed by atoms with van der Waals surface area (Å²) in [5.41, 5.74) is 4.18. The molecule has 17 heavy (non-hydrogen) atoms. The molecule has 1 aromatic carbocycles. The van der Waals surface area contributed by atoms with Crippen LogP contribution in [0.5, 0.6) is 0 Å². The summed E-state index contributed by atoms with van der Waals surface area (Å²) in [5, 5.41) is 1.99. The molecule has 1 heterocycles. The molecule has 0 saturated carbocycles. The van der Waals surface area contributed by atoms with Crippen LogP contribution in [0.15, 0.2) is 34.1 Å². The molecule has 0 amide bonds. The van der Waals surface area contributed by atoms with Crippen molar-refractivity contribution in [3.8, 4) is 0 Å². The lowest BCUT2D eigenvalue weighted by molar-refractivity contribution is 0.556. The van der Waals surface area contributed by atoms with Crippen LogP contribution in [0.4, 0.5) is 4.39 Å². The highest BCUT2D eigenvalue weighted by Gasteiger charge is 2.18. The number of benzene rings is 1. The second kappa shape index (κ2) is 5.27. The van der Waals surface area contributed by atoms with E-state index >= 15 is 0 Å². The lowest BCUT2D eigenvalue weighted by atomic mass is 10.0. The smallest absolute Gasteiger partial charge is 0.142 e. The molecule has 0 aliphatic heterocycles. The third kappa shape index (κ3) is 2.57. The van der Waals surface area contributed by atoms with Crippen molar-refractivity contribution in [2.45, 2.75) is 13.0 Å². The maximum Gasteiger partial charge on any atom is 0.142 e. The molecule has 0 radical (unpaired) electrons. The molecule has 2 aromatic rings. The molecule has 1 atom stereocenters. The standard InChI is InChI=1S/C12H12BrFN2S/c1-7-5-8(6-17-7)12(16-15)9-3-2-4-10(13)11(9)14/h2-6,12,16H,15H2,1H3. The topological polar surface area (TPSA) is 38.0 Å². The first-order chi connectivity index (χ1) is 8.13. The summed E-state index contributed by atoms with van der Waals surface area (Å²) in [4.78, 5) is 1.18. The Hall–Kier alpha value is -0.750. The van der Waals surface area contributed by atoms with Crippen LogP contribution in [-0.2, 0) is 0 Å². The Morgan fingerprint density at radius 2 is 2.24 bits per heavy atom. The molecule has 0 fully saturated rings. The van der Waals surface area contributed by atoms with Crippen LogP contribution in [0.1, 0.15) is 22.0 Å². The normalized spacial score (nSPS) is 12.7. The number of nitrogens with two attached hydrogens (primary N) is 1. The van der Waals surface area contributed by atoms with E-state index in [0.29, 0.717) is 10.0 Å². The Morgan fingerprint density at radius 3 is 2.82 bits per heavy atom. The summed E-state index contributed by atoms with van der Waals surface area (Å²) in [6, 6.07) is 6.89. The molecule has 1 aromatic heterocycles. The van der Waals surface area contributed by atoms with Gasteiger partial charge in [0, 0.05) is 10.4 Å². The van der Waals surface area contributed by atoms with Gasteiger partial charge in [0.1, 0.15) is 5.82 Å². The molecule has 2 rings (SSSR count). The largest absolute Gasteiger partial charge is 0.271 e. The minimum atomic E-state index is -0.322. The van der Waals surface area contributed by atoms with Gasteiger partial charge < -0.3 is 0 Å². The van der Waals surface area contributed by atoms with E-state index in [1.54, 1.807) is 29.5 Å². The first-order valence-corrected chi connectivity index (χ1v) is 6.76. The summed E-state index contributed by atoms with van der Waals surface area (Å²) < 4.78 is 14.4. The molecule has 5 heteroatoms. The number of hydrogen-bond donors (Lipinski definition) is 2. The van der Waals surface area contributed by atoms with Crippen LogP contribution in [-0.4, -0.2) is 0 Å². The zero-order valence-electron chi connectivity index (χ0n) is 9.21. The minimum absolute atomic E-state index is 0.278. The van der Waals surface area contributed by atoms with E-state index in [9.17, 15) is 4.39 Å². The van der Waals surface area contributed by atoms with Crippen molar-refractivity contribution in [2.75, 3.05) is 0 Å². The maximum atomic E-state index is 14.0. The summed E-state index contributed by atoms with van der Waals surface area (Å²) in [6.45, 7) is 2.01. The van der Waals surface area contributed by atoms with Crippen LogP contribution in [0.25, 0.3) is 0 Å². The highest BCUT2D eigenvalue weighted by molar-refractivity contribution is 9.10. The van der Waals surface area contributed by atoms with E-state index in [0.717, 1.165) is 5.56 Å². The fourth-order valence-electron chi connectivity index (χ4n) is 1.72. The van der Waals surface area contributed by atoms with Crippen molar-refractivity contribution in [3.05, 3.63) is 55.9 Å². The van der Waals surface area contributed by atoms with E-state index in [2.05, 4.69) is 21.4 Å². The van der Waals surface area contributed by atoms with Gasteiger partial charge in [0.15, 0.2) is 0 Å². The summed E-state index contributed by atoms with van der Waals surface area (Å²) >= 11 is 4.80. The van der Waals surface area contributed by atoms with Gasteiger partial charge in [-0.2, -0.15) is 0 Å². The minimum Gasteiger partial charge on any atom is -0.271 e. The average Bonchev–Trinajstić information content (AvgIpc) is 2.72. The summed E-state index contributed by atoms with van der Waals surface area (Å²) in [6.07, 6.45) is 0. The van der Waals surface area contributed by atoms with Crippen molar-refractivity contribution < 1.29 is 4.39 Å². The molecule has 0 spiro atoms. The first-order valence-electron chi connectivity index (χ1n) is 5.08. The Kier molecular flexibility index (Phi) is 3.93. The van der Waals surface area contributed by atoms with Crippen LogP contribution in [0.2, 0.25) is 0 Å². The molecule has 0 aliphatic rings. The third-order valence-corrected chi connectivity index (χ3v) is 4.04. The van der Waals surface area contributed by atoms with Gasteiger partial charge in [-0.25, -0.2) is 9.82 Å². The van der Waals surface area contributed by atoms with Gasteiger partial charge in [-0.1, -0.05) is 12.1 Å². The van der Waals surface area contributed by atoms with E-state index in [-0.39, 0.29) is 11.9 Å². The molecule has 0 aliphatic carbocycles. The predicted octanol–water partition coefficient (Wildman–Crippen LogP) is 3.51. The highest BCUT2D eigenvalue weighted by Crippen LogP contribution is 2.30. The lowest BCUT2D eigenvalue weighted by Gasteiger charge is -2.16. The Balaban J connectivity index is 2.45. The van der Waals surface area contributed by atoms with Gasteiger partial charge in [-0.05, 0) is 45.9 Å². The van der Waals surface area contributed by atoms with Gasteiger partial charge in [0.05, 0.1) is 10.5 Å². The molecule has 1 unspecified atom stereocenters. The predicted molar refractivity (Wildman–Crippen MR) is 72.3 cm³/mol. The molecule has 0 saturated heterocycles. The third-order valence-electron chi connectivity index (χ3n) is 2.54. The molecular weight excluding hydrogens is 303 g/mol. The van der Waals surface area contributed by atoms with Gasteiger partial charge >= 0.3 is 0 Å². The number of nitrogens with one attached hydrogen (secondary N) is 1. The van der Waals surface area contributed by atoms with Crippen LogP contribution < -0.4 is 11.3 Å². The monoisotopic (exact) mass is 314 g/mol. The first kappa shape index (κ1) is 12.7. The number of rotatable bonds is 3. The number of hydrogen-bond acceptors (Lipinski definition) is 3. The SMILES string of the molecule is Cc1cc(C(NN)c2cccc(Br)c2F)cs1. The second-order valence-electron chi connectivity index (χ2n) is 3.73. The quantitative estimate of drug-likeness (QED) is 0.672. The van der Waals surface area contributed by atoms with Gasteiger partial charge in [-0.3, -0.25) is 5.84 Å². The van der Waals surface area contributed by atoms with E-state index in [1.165, 1.54) is 4.88 Å². The lowest BCUT2D eigenvalue weighted by Crippen LogP contribution is -2.29. The van der Waals surface area contributed by atoms with Crippen molar-refractivity contribution in [1.82, 2.24) is 5.43 Å². The highest BCUT2D eigenvalue weighted by atomic mass is 79.9. The second-order valence-corrected chi connectivity index (χ2v) is 5.70. The van der Waals surface area contributed by atoms with Crippen molar-refractivity contribution >= 4 is 27.3 Å². The van der Waals surface area contributed by atoms with Crippen molar-refractivity contribution in [1.29, 1.82) is 0 Å². The maximum absolute atomic E-state index is 14.0. The zero-order valence-corrected chi connectivity index (χ0v) is 11.6. The van der Waals surface area contributed by atoms with E-state index in [1.807, 2.05) is 18.4 Å². The van der Waals surface area contributed by atoms with Crippen LogP contribution >= 0.6 is 27.3 Å².